The zero-order valence-corrected chi connectivity index (χ0v) is 12.9. The molecule has 0 aromatic heterocycles. The van der Waals surface area contributed by atoms with Gasteiger partial charge in [0.25, 0.3) is 0 Å². The normalized spacial score (nSPS) is 16.1. The predicted octanol–water partition coefficient (Wildman–Crippen LogP) is 3.11. The molecule has 1 atom stereocenters. The smallest absolute Gasteiger partial charge is 0.238 e. The van der Waals surface area contributed by atoms with Gasteiger partial charge in [-0.3, -0.25) is 10.1 Å². The molecule has 1 unspecified atom stereocenters. The summed E-state index contributed by atoms with van der Waals surface area (Å²) in [5, 5.41) is 6.08. The highest BCUT2D eigenvalue weighted by atomic mass is 79.9. The zero-order chi connectivity index (χ0) is 14.7. The molecule has 1 aliphatic heterocycles. The number of benzene rings is 2. The zero-order valence-electron chi connectivity index (χ0n) is 11.3. The number of fused-ring (bicyclic) bond motifs is 1. The van der Waals surface area contributed by atoms with Crippen LogP contribution >= 0.6 is 15.9 Å². The van der Waals surface area contributed by atoms with Crippen LogP contribution in [0.15, 0.2) is 53.0 Å². The van der Waals surface area contributed by atoms with E-state index in [2.05, 4.69) is 26.6 Å². The number of ether oxygens (including phenoxy) is 1. The molecule has 21 heavy (non-hydrogen) atoms. The molecule has 1 amide bonds. The van der Waals surface area contributed by atoms with Gasteiger partial charge in [0.1, 0.15) is 12.4 Å². The molecule has 0 spiro atoms. The number of anilines is 1. The van der Waals surface area contributed by atoms with E-state index in [1.807, 2.05) is 48.5 Å². The lowest BCUT2D eigenvalue weighted by Crippen LogP contribution is -2.32. The molecule has 2 aromatic rings. The first-order valence-corrected chi connectivity index (χ1v) is 7.52. The van der Waals surface area contributed by atoms with E-state index in [4.69, 9.17) is 4.74 Å². The van der Waals surface area contributed by atoms with E-state index in [9.17, 15) is 4.79 Å². The third-order valence-electron chi connectivity index (χ3n) is 3.32. The number of hydrogen-bond acceptors (Lipinski definition) is 3. The Kier molecular flexibility index (Phi) is 4.22. The number of hydrogen-bond donors (Lipinski definition) is 2. The number of halogens is 1. The summed E-state index contributed by atoms with van der Waals surface area (Å²) in [5.74, 6) is 0.819. The molecule has 3 rings (SSSR count). The molecule has 0 fully saturated rings. The Hall–Kier alpha value is -1.85. The van der Waals surface area contributed by atoms with Crippen LogP contribution in [0.25, 0.3) is 0 Å². The number of nitrogens with one attached hydrogen (secondary N) is 2. The number of amides is 1. The Morgan fingerprint density at radius 2 is 2.10 bits per heavy atom. The van der Waals surface area contributed by atoms with Gasteiger partial charge in [-0.05, 0) is 24.3 Å². The number of rotatable bonds is 4. The molecule has 0 aliphatic carbocycles. The summed E-state index contributed by atoms with van der Waals surface area (Å²) in [5.41, 5.74) is 1.88. The van der Waals surface area contributed by atoms with Crippen molar-refractivity contribution in [3.05, 3.63) is 58.6 Å². The fourth-order valence-electron chi connectivity index (χ4n) is 2.32. The number of para-hydroxylation sites is 1. The molecular formula is C16H15BrN2O2. The van der Waals surface area contributed by atoms with Gasteiger partial charge in [0.05, 0.1) is 12.6 Å². The molecule has 2 aromatic carbocycles. The fourth-order valence-corrected chi connectivity index (χ4v) is 2.72. The van der Waals surface area contributed by atoms with E-state index in [1.54, 1.807) is 0 Å². The first-order valence-electron chi connectivity index (χ1n) is 6.73. The van der Waals surface area contributed by atoms with Gasteiger partial charge in [0.15, 0.2) is 0 Å². The molecule has 0 bridgehead atoms. The Morgan fingerprint density at radius 1 is 1.24 bits per heavy atom. The Morgan fingerprint density at radius 3 is 2.95 bits per heavy atom. The first-order chi connectivity index (χ1) is 10.2. The molecule has 0 radical (unpaired) electrons. The van der Waals surface area contributed by atoms with Crippen LogP contribution < -0.4 is 15.4 Å². The van der Waals surface area contributed by atoms with Gasteiger partial charge in [-0.1, -0.05) is 40.2 Å². The van der Waals surface area contributed by atoms with Crippen molar-refractivity contribution in [2.24, 2.45) is 0 Å². The van der Waals surface area contributed by atoms with Crippen molar-refractivity contribution in [3.63, 3.8) is 0 Å². The highest BCUT2D eigenvalue weighted by Crippen LogP contribution is 2.31. The van der Waals surface area contributed by atoms with Gasteiger partial charge < -0.3 is 10.1 Å². The largest absolute Gasteiger partial charge is 0.491 e. The van der Waals surface area contributed by atoms with Crippen molar-refractivity contribution in [1.82, 2.24) is 5.32 Å². The van der Waals surface area contributed by atoms with E-state index in [0.717, 1.165) is 21.5 Å². The summed E-state index contributed by atoms with van der Waals surface area (Å²) in [7, 11) is 0. The monoisotopic (exact) mass is 346 g/mol. The molecule has 108 valence electrons. The van der Waals surface area contributed by atoms with Crippen LogP contribution in [0.1, 0.15) is 11.6 Å². The Bertz CT molecular complexity index is 660. The average Bonchev–Trinajstić information content (AvgIpc) is 2.88. The summed E-state index contributed by atoms with van der Waals surface area (Å²) in [6.07, 6.45) is 0. The summed E-state index contributed by atoms with van der Waals surface area (Å²) in [6.45, 7) is 0.804. The molecule has 1 heterocycles. The van der Waals surface area contributed by atoms with Gasteiger partial charge in [0, 0.05) is 15.7 Å². The standard InChI is InChI=1S/C16H15BrN2O2/c17-11-4-3-5-12(8-11)19-16(20)9-18-14-10-21-15-7-2-1-6-13(14)15/h1-8,14,18H,9-10H2,(H,19,20). The fraction of sp³-hybridized carbons (Fsp3) is 0.188. The van der Waals surface area contributed by atoms with E-state index in [1.165, 1.54) is 0 Å². The van der Waals surface area contributed by atoms with Crippen LogP contribution in [-0.4, -0.2) is 19.1 Å². The predicted molar refractivity (Wildman–Crippen MR) is 85.5 cm³/mol. The molecular weight excluding hydrogens is 332 g/mol. The van der Waals surface area contributed by atoms with Gasteiger partial charge in [-0.15, -0.1) is 0 Å². The summed E-state index contributed by atoms with van der Waals surface area (Å²) < 4.78 is 6.51. The number of carbonyl (C=O) groups is 1. The SMILES string of the molecule is O=C(CNC1COc2ccccc21)Nc1cccc(Br)c1. The van der Waals surface area contributed by atoms with Crippen molar-refractivity contribution in [2.45, 2.75) is 6.04 Å². The molecule has 2 N–H and O–H groups in total. The molecule has 0 saturated carbocycles. The van der Waals surface area contributed by atoms with Crippen molar-refractivity contribution in [2.75, 3.05) is 18.5 Å². The van der Waals surface area contributed by atoms with Crippen LogP contribution in [0.3, 0.4) is 0 Å². The quantitative estimate of drug-likeness (QED) is 0.894. The third kappa shape index (κ3) is 3.43. The maximum absolute atomic E-state index is 12.0. The molecule has 0 saturated heterocycles. The second-order valence-electron chi connectivity index (χ2n) is 4.84. The van der Waals surface area contributed by atoms with Crippen molar-refractivity contribution < 1.29 is 9.53 Å². The van der Waals surface area contributed by atoms with Crippen molar-refractivity contribution in [3.8, 4) is 5.75 Å². The lowest BCUT2D eigenvalue weighted by Gasteiger charge is -2.11. The minimum atomic E-state index is -0.0718. The van der Waals surface area contributed by atoms with Crippen molar-refractivity contribution >= 4 is 27.5 Å². The van der Waals surface area contributed by atoms with Gasteiger partial charge in [-0.25, -0.2) is 0 Å². The van der Waals surface area contributed by atoms with Crippen molar-refractivity contribution in [1.29, 1.82) is 0 Å². The van der Waals surface area contributed by atoms with Crippen LogP contribution in [0, 0.1) is 0 Å². The molecule has 5 heteroatoms. The Balaban J connectivity index is 1.55. The van der Waals surface area contributed by atoms with E-state index < -0.39 is 0 Å². The number of carbonyl (C=O) groups excluding carboxylic acids is 1. The van der Waals surface area contributed by atoms with Crippen LogP contribution in [0.5, 0.6) is 5.75 Å². The second-order valence-corrected chi connectivity index (χ2v) is 5.76. The lowest BCUT2D eigenvalue weighted by molar-refractivity contribution is -0.115. The average molecular weight is 347 g/mol. The minimum absolute atomic E-state index is 0.0643. The van der Waals surface area contributed by atoms with Gasteiger partial charge >= 0.3 is 0 Å². The van der Waals surface area contributed by atoms with E-state index in [0.29, 0.717) is 6.61 Å². The highest BCUT2D eigenvalue weighted by Gasteiger charge is 2.23. The minimum Gasteiger partial charge on any atom is -0.491 e. The van der Waals surface area contributed by atoms with E-state index in [-0.39, 0.29) is 18.5 Å². The second kappa shape index (κ2) is 6.28. The Labute approximate surface area is 131 Å². The summed E-state index contributed by atoms with van der Waals surface area (Å²) in [4.78, 5) is 12.0. The lowest BCUT2D eigenvalue weighted by atomic mass is 10.1. The summed E-state index contributed by atoms with van der Waals surface area (Å²) in [6, 6.07) is 15.5. The van der Waals surface area contributed by atoms with Crippen LogP contribution in [-0.2, 0) is 4.79 Å². The topological polar surface area (TPSA) is 50.4 Å². The maximum Gasteiger partial charge on any atom is 0.238 e. The van der Waals surface area contributed by atoms with Crippen LogP contribution in [0.2, 0.25) is 0 Å². The third-order valence-corrected chi connectivity index (χ3v) is 3.81. The van der Waals surface area contributed by atoms with Gasteiger partial charge in [-0.2, -0.15) is 0 Å². The molecule has 1 aliphatic rings. The molecule has 4 nitrogen and oxygen atoms in total. The van der Waals surface area contributed by atoms with Crippen LogP contribution in [0.4, 0.5) is 5.69 Å². The maximum atomic E-state index is 12.0. The summed E-state index contributed by atoms with van der Waals surface area (Å²) >= 11 is 3.38. The first kappa shape index (κ1) is 14.1. The highest BCUT2D eigenvalue weighted by molar-refractivity contribution is 9.10. The van der Waals surface area contributed by atoms with E-state index >= 15 is 0 Å². The van der Waals surface area contributed by atoms with Gasteiger partial charge in [0.2, 0.25) is 5.91 Å².